The Hall–Kier alpha value is -0.710. The van der Waals surface area contributed by atoms with Crippen LogP contribution in [0.3, 0.4) is 0 Å². The molecule has 0 fully saturated rings. The van der Waals surface area contributed by atoms with Crippen LogP contribution in [0.5, 0.6) is 0 Å². The molecule has 0 aromatic heterocycles. The Kier molecular flexibility index (Phi) is 6.40. The zero-order chi connectivity index (χ0) is 10.3. The minimum absolute atomic E-state index is 0.0346. The third kappa shape index (κ3) is 3.67. The van der Waals surface area contributed by atoms with Crippen molar-refractivity contribution in [1.82, 2.24) is 0 Å². The van der Waals surface area contributed by atoms with E-state index in [4.69, 9.17) is 0 Å². The van der Waals surface area contributed by atoms with E-state index in [1.165, 1.54) is 14.2 Å². The van der Waals surface area contributed by atoms with Crippen LogP contribution < -0.4 is 0 Å². The second-order valence-electron chi connectivity index (χ2n) is 2.28. The van der Waals surface area contributed by atoms with Crippen LogP contribution >= 0.6 is 11.8 Å². The molecule has 0 aromatic rings. The van der Waals surface area contributed by atoms with Gasteiger partial charge in [0.15, 0.2) is 5.71 Å². The van der Waals surface area contributed by atoms with Crippen molar-refractivity contribution in [3.63, 3.8) is 0 Å². The highest BCUT2D eigenvalue weighted by atomic mass is 32.2. The summed E-state index contributed by atoms with van der Waals surface area (Å²) >= 11 is 1.55. The largest absolute Gasteiger partial charge is 0.464 e. The summed E-state index contributed by atoms with van der Waals surface area (Å²) in [5.41, 5.74) is 0.333. The predicted molar refractivity (Wildman–Crippen MR) is 54.1 cm³/mol. The standard InChI is InChI=1S/C8H15NO3S/c1-5-6(13-4)7(9-12-3)8(10)11-2/h6H,5H2,1-4H3. The van der Waals surface area contributed by atoms with Gasteiger partial charge < -0.3 is 9.57 Å². The molecule has 0 spiro atoms. The summed E-state index contributed by atoms with van der Waals surface area (Å²) in [5, 5.41) is 3.69. The van der Waals surface area contributed by atoms with Gasteiger partial charge in [0.05, 0.1) is 12.4 Å². The van der Waals surface area contributed by atoms with Crippen molar-refractivity contribution in [2.45, 2.75) is 18.6 Å². The molecule has 0 heterocycles. The lowest BCUT2D eigenvalue weighted by Gasteiger charge is -2.11. The molecule has 1 unspecified atom stereocenters. The van der Waals surface area contributed by atoms with Gasteiger partial charge >= 0.3 is 5.97 Å². The number of nitrogens with zero attached hydrogens (tertiary/aromatic N) is 1. The Bertz CT molecular complexity index is 190. The number of oxime groups is 1. The van der Waals surface area contributed by atoms with Crippen molar-refractivity contribution < 1.29 is 14.4 Å². The van der Waals surface area contributed by atoms with Gasteiger partial charge in [0.2, 0.25) is 0 Å². The summed E-state index contributed by atoms with van der Waals surface area (Å²) in [6.07, 6.45) is 2.74. The molecule has 0 aliphatic heterocycles. The van der Waals surface area contributed by atoms with Crippen molar-refractivity contribution in [2.75, 3.05) is 20.5 Å². The molecule has 76 valence electrons. The highest BCUT2D eigenvalue weighted by Gasteiger charge is 2.22. The van der Waals surface area contributed by atoms with Crippen LogP contribution in [-0.4, -0.2) is 37.4 Å². The molecule has 0 bridgehead atoms. The molecule has 0 saturated carbocycles. The highest BCUT2D eigenvalue weighted by molar-refractivity contribution is 8.00. The van der Waals surface area contributed by atoms with Gasteiger partial charge in [0.1, 0.15) is 7.11 Å². The summed E-state index contributed by atoms with van der Waals surface area (Å²) in [4.78, 5) is 15.8. The molecule has 0 aromatic carbocycles. The highest BCUT2D eigenvalue weighted by Crippen LogP contribution is 2.13. The molecule has 0 N–H and O–H groups in total. The molecule has 0 rings (SSSR count). The number of carbonyl (C=O) groups excluding carboxylic acids is 1. The van der Waals surface area contributed by atoms with Crippen LogP contribution in [0.25, 0.3) is 0 Å². The number of ether oxygens (including phenoxy) is 1. The van der Waals surface area contributed by atoms with Crippen molar-refractivity contribution in [3.05, 3.63) is 0 Å². The average molecular weight is 205 g/mol. The number of hydrogen-bond donors (Lipinski definition) is 0. The fourth-order valence-electron chi connectivity index (χ4n) is 0.902. The summed E-state index contributed by atoms with van der Waals surface area (Å²) in [6.45, 7) is 1.98. The van der Waals surface area contributed by atoms with E-state index in [9.17, 15) is 4.79 Å². The molecular formula is C8H15NO3S. The second kappa shape index (κ2) is 6.77. The first-order chi connectivity index (χ1) is 6.21. The Labute approximate surface area is 82.7 Å². The van der Waals surface area contributed by atoms with Gasteiger partial charge in [-0.15, -0.1) is 0 Å². The van der Waals surface area contributed by atoms with E-state index in [1.807, 2.05) is 13.2 Å². The predicted octanol–water partition coefficient (Wildman–Crippen LogP) is 1.30. The van der Waals surface area contributed by atoms with Gasteiger partial charge in [-0.25, -0.2) is 4.79 Å². The van der Waals surface area contributed by atoms with E-state index in [-0.39, 0.29) is 5.25 Å². The monoisotopic (exact) mass is 205 g/mol. The fourth-order valence-corrected chi connectivity index (χ4v) is 1.60. The van der Waals surface area contributed by atoms with Crippen LogP contribution in [0.2, 0.25) is 0 Å². The first-order valence-corrected chi connectivity index (χ1v) is 5.22. The van der Waals surface area contributed by atoms with Crippen molar-refractivity contribution >= 4 is 23.4 Å². The summed E-state index contributed by atoms with van der Waals surface area (Å²) < 4.78 is 4.59. The van der Waals surface area contributed by atoms with Crippen LogP contribution in [-0.2, 0) is 14.4 Å². The normalized spacial score (nSPS) is 13.7. The molecule has 1 atom stereocenters. The maximum absolute atomic E-state index is 11.2. The number of esters is 1. The first-order valence-electron chi connectivity index (χ1n) is 3.93. The second-order valence-corrected chi connectivity index (χ2v) is 3.32. The molecule has 13 heavy (non-hydrogen) atoms. The minimum Gasteiger partial charge on any atom is -0.464 e. The molecule has 0 radical (unpaired) electrons. The summed E-state index contributed by atoms with van der Waals surface area (Å²) in [7, 11) is 2.75. The topological polar surface area (TPSA) is 47.9 Å². The number of carbonyl (C=O) groups is 1. The van der Waals surface area contributed by atoms with Crippen molar-refractivity contribution in [1.29, 1.82) is 0 Å². The van der Waals surface area contributed by atoms with Crippen LogP contribution in [0.15, 0.2) is 5.16 Å². The molecule has 0 saturated heterocycles. The lowest BCUT2D eigenvalue weighted by molar-refractivity contribution is -0.133. The van der Waals surface area contributed by atoms with Gasteiger partial charge in [-0.1, -0.05) is 12.1 Å². The van der Waals surface area contributed by atoms with E-state index in [1.54, 1.807) is 11.8 Å². The van der Waals surface area contributed by atoms with Crippen molar-refractivity contribution in [2.24, 2.45) is 5.16 Å². The zero-order valence-electron chi connectivity index (χ0n) is 8.36. The molecule has 0 aliphatic carbocycles. The van der Waals surface area contributed by atoms with Crippen LogP contribution in [0.4, 0.5) is 0 Å². The zero-order valence-corrected chi connectivity index (χ0v) is 9.18. The minimum atomic E-state index is -0.428. The smallest absolute Gasteiger partial charge is 0.357 e. The number of thioether (sulfide) groups is 1. The maximum Gasteiger partial charge on any atom is 0.357 e. The van der Waals surface area contributed by atoms with Crippen LogP contribution in [0.1, 0.15) is 13.3 Å². The average Bonchev–Trinajstić information content (AvgIpc) is 2.17. The Morgan fingerprint density at radius 1 is 1.54 bits per heavy atom. The number of methoxy groups -OCH3 is 1. The van der Waals surface area contributed by atoms with E-state index in [0.29, 0.717) is 5.71 Å². The van der Waals surface area contributed by atoms with Crippen LogP contribution in [0, 0.1) is 0 Å². The summed E-state index contributed by atoms with van der Waals surface area (Å²) in [6, 6.07) is 0. The Morgan fingerprint density at radius 2 is 2.15 bits per heavy atom. The maximum atomic E-state index is 11.2. The quantitative estimate of drug-likeness (QED) is 0.385. The van der Waals surface area contributed by atoms with Gasteiger partial charge in [-0.2, -0.15) is 11.8 Å². The molecule has 4 nitrogen and oxygen atoms in total. The van der Waals surface area contributed by atoms with Gasteiger partial charge in [-0.05, 0) is 12.7 Å². The van der Waals surface area contributed by atoms with E-state index >= 15 is 0 Å². The van der Waals surface area contributed by atoms with E-state index < -0.39 is 5.97 Å². The lowest BCUT2D eigenvalue weighted by atomic mass is 10.2. The Morgan fingerprint density at radius 3 is 2.46 bits per heavy atom. The lowest BCUT2D eigenvalue weighted by Crippen LogP contribution is -2.27. The molecular weight excluding hydrogens is 190 g/mol. The third-order valence-corrected chi connectivity index (χ3v) is 2.67. The van der Waals surface area contributed by atoms with Crippen molar-refractivity contribution in [3.8, 4) is 0 Å². The number of rotatable bonds is 5. The number of hydrogen-bond acceptors (Lipinski definition) is 5. The van der Waals surface area contributed by atoms with E-state index in [0.717, 1.165) is 6.42 Å². The summed E-state index contributed by atoms with van der Waals surface area (Å²) in [5.74, 6) is -0.428. The van der Waals surface area contributed by atoms with Gasteiger partial charge in [0, 0.05) is 0 Å². The fraction of sp³-hybridized carbons (Fsp3) is 0.750. The SMILES string of the molecule is CCC(SC)C(=NOC)C(=O)OC. The van der Waals surface area contributed by atoms with Gasteiger partial charge in [0.25, 0.3) is 0 Å². The van der Waals surface area contributed by atoms with E-state index in [2.05, 4.69) is 14.7 Å². The molecule has 5 heteroatoms. The molecule has 0 aliphatic rings. The Balaban J connectivity index is 4.58. The third-order valence-electron chi connectivity index (χ3n) is 1.54. The molecule has 0 amide bonds. The first kappa shape index (κ1) is 12.3. The van der Waals surface area contributed by atoms with Gasteiger partial charge in [-0.3, -0.25) is 0 Å².